The molecule has 0 fully saturated rings. The number of rotatable bonds is 3. The number of hydrogen-bond donors (Lipinski definition) is 1. The molecular weight excluding hydrogens is 285 g/mol. The van der Waals surface area contributed by atoms with E-state index in [9.17, 15) is 14.0 Å². The SMILES string of the molecule is COC(=O)c1ccc2c(C(=O)c3ccc(F)cc3)c[nH]c2c1. The third-order valence-corrected chi connectivity index (χ3v) is 3.45. The van der Waals surface area contributed by atoms with Crippen LogP contribution in [-0.4, -0.2) is 23.8 Å². The highest BCUT2D eigenvalue weighted by atomic mass is 19.1. The molecule has 1 aromatic heterocycles. The van der Waals surface area contributed by atoms with Crippen molar-refractivity contribution in [2.24, 2.45) is 0 Å². The quantitative estimate of drug-likeness (QED) is 0.596. The smallest absolute Gasteiger partial charge is 0.337 e. The summed E-state index contributed by atoms with van der Waals surface area (Å²) >= 11 is 0. The lowest BCUT2D eigenvalue weighted by atomic mass is 10.0. The summed E-state index contributed by atoms with van der Waals surface area (Å²) in [5.41, 5.74) is 1.93. The van der Waals surface area contributed by atoms with E-state index in [-0.39, 0.29) is 5.78 Å². The van der Waals surface area contributed by atoms with Crippen molar-refractivity contribution < 1.29 is 18.7 Å². The minimum atomic E-state index is -0.442. The van der Waals surface area contributed by atoms with Crippen LogP contribution in [0.15, 0.2) is 48.7 Å². The van der Waals surface area contributed by atoms with E-state index in [0.29, 0.717) is 27.6 Å². The van der Waals surface area contributed by atoms with Crippen LogP contribution in [0.25, 0.3) is 10.9 Å². The molecule has 0 saturated carbocycles. The van der Waals surface area contributed by atoms with Crippen LogP contribution in [0.3, 0.4) is 0 Å². The van der Waals surface area contributed by atoms with Gasteiger partial charge in [-0.1, -0.05) is 6.07 Å². The van der Waals surface area contributed by atoms with E-state index in [1.807, 2.05) is 0 Å². The molecule has 0 aliphatic rings. The second-order valence-corrected chi connectivity index (χ2v) is 4.79. The van der Waals surface area contributed by atoms with Crippen molar-refractivity contribution in [1.82, 2.24) is 4.98 Å². The highest BCUT2D eigenvalue weighted by Gasteiger charge is 2.15. The third kappa shape index (κ3) is 2.37. The molecule has 0 unspecified atom stereocenters. The Morgan fingerprint density at radius 2 is 1.73 bits per heavy atom. The largest absolute Gasteiger partial charge is 0.465 e. The second-order valence-electron chi connectivity index (χ2n) is 4.79. The minimum Gasteiger partial charge on any atom is -0.465 e. The van der Waals surface area contributed by atoms with Gasteiger partial charge in [0.1, 0.15) is 5.82 Å². The molecule has 0 bridgehead atoms. The van der Waals surface area contributed by atoms with Crippen molar-refractivity contribution in [3.8, 4) is 0 Å². The molecule has 5 heteroatoms. The van der Waals surface area contributed by atoms with Gasteiger partial charge in [0.25, 0.3) is 0 Å². The number of aromatic amines is 1. The predicted molar refractivity (Wildman–Crippen MR) is 79.5 cm³/mol. The van der Waals surface area contributed by atoms with Gasteiger partial charge in [-0.05, 0) is 36.4 Å². The first kappa shape index (κ1) is 14.0. The maximum absolute atomic E-state index is 12.9. The summed E-state index contributed by atoms with van der Waals surface area (Å²) in [6.45, 7) is 0. The Bertz CT molecular complexity index is 865. The molecule has 0 aliphatic carbocycles. The zero-order valence-corrected chi connectivity index (χ0v) is 11.7. The Kier molecular flexibility index (Phi) is 3.47. The van der Waals surface area contributed by atoms with Gasteiger partial charge in [-0.15, -0.1) is 0 Å². The van der Waals surface area contributed by atoms with Crippen LogP contribution in [0.4, 0.5) is 4.39 Å². The fourth-order valence-electron chi connectivity index (χ4n) is 2.32. The van der Waals surface area contributed by atoms with Crippen molar-refractivity contribution in [1.29, 1.82) is 0 Å². The molecule has 2 aromatic carbocycles. The Morgan fingerprint density at radius 3 is 2.41 bits per heavy atom. The summed E-state index contributed by atoms with van der Waals surface area (Å²) in [5.74, 6) is -1.04. The molecule has 3 rings (SSSR count). The van der Waals surface area contributed by atoms with E-state index in [1.54, 1.807) is 24.4 Å². The van der Waals surface area contributed by atoms with Crippen LogP contribution in [0.5, 0.6) is 0 Å². The highest BCUT2D eigenvalue weighted by Crippen LogP contribution is 2.23. The molecule has 0 amide bonds. The molecule has 22 heavy (non-hydrogen) atoms. The Morgan fingerprint density at radius 1 is 1.05 bits per heavy atom. The summed E-state index contributed by atoms with van der Waals surface area (Å²) in [7, 11) is 1.31. The molecule has 110 valence electrons. The number of benzene rings is 2. The van der Waals surface area contributed by atoms with E-state index >= 15 is 0 Å². The number of aromatic nitrogens is 1. The van der Waals surface area contributed by atoms with Gasteiger partial charge >= 0.3 is 5.97 Å². The molecule has 1 heterocycles. The number of nitrogens with one attached hydrogen (secondary N) is 1. The molecule has 1 N–H and O–H groups in total. The monoisotopic (exact) mass is 297 g/mol. The van der Waals surface area contributed by atoms with Crippen LogP contribution >= 0.6 is 0 Å². The summed E-state index contributed by atoms with van der Waals surface area (Å²) in [6, 6.07) is 10.3. The van der Waals surface area contributed by atoms with Crippen LogP contribution in [0, 0.1) is 5.82 Å². The number of methoxy groups -OCH3 is 1. The fourth-order valence-corrected chi connectivity index (χ4v) is 2.32. The Labute approximate surface area is 125 Å². The average molecular weight is 297 g/mol. The van der Waals surface area contributed by atoms with Gasteiger partial charge in [-0.25, -0.2) is 9.18 Å². The Balaban J connectivity index is 2.03. The predicted octanol–water partition coefficient (Wildman–Crippen LogP) is 3.32. The number of halogens is 1. The van der Waals surface area contributed by atoms with Crippen molar-refractivity contribution >= 4 is 22.7 Å². The number of carbonyl (C=O) groups excluding carboxylic acids is 2. The van der Waals surface area contributed by atoms with Crippen LogP contribution in [0.1, 0.15) is 26.3 Å². The lowest BCUT2D eigenvalue weighted by molar-refractivity contribution is 0.0601. The lowest BCUT2D eigenvalue weighted by Gasteiger charge is -2.01. The second kappa shape index (κ2) is 5.44. The first-order valence-electron chi connectivity index (χ1n) is 6.60. The van der Waals surface area contributed by atoms with Crippen LogP contribution in [0.2, 0.25) is 0 Å². The average Bonchev–Trinajstić information content (AvgIpc) is 2.97. The molecule has 0 aliphatic heterocycles. The summed E-state index contributed by atoms with van der Waals surface area (Å²) in [5, 5.41) is 0.696. The van der Waals surface area contributed by atoms with E-state index in [2.05, 4.69) is 9.72 Å². The minimum absolute atomic E-state index is 0.211. The van der Waals surface area contributed by atoms with Gasteiger partial charge < -0.3 is 9.72 Å². The highest BCUT2D eigenvalue weighted by molar-refractivity contribution is 6.16. The molecule has 3 aromatic rings. The van der Waals surface area contributed by atoms with Gasteiger partial charge in [-0.3, -0.25) is 4.79 Å². The van der Waals surface area contributed by atoms with E-state index in [4.69, 9.17) is 0 Å². The van der Waals surface area contributed by atoms with Crippen molar-refractivity contribution in [2.75, 3.05) is 7.11 Å². The zero-order chi connectivity index (χ0) is 15.7. The van der Waals surface area contributed by atoms with Crippen molar-refractivity contribution in [3.05, 3.63) is 71.2 Å². The van der Waals surface area contributed by atoms with E-state index < -0.39 is 11.8 Å². The van der Waals surface area contributed by atoms with Crippen LogP contribution < -0.4 is 0 Å². The number of fused-ring (bicyclic) bond motifs is 1. The molecule has 0 atom stereocenters. The molecule has 0 saturated heterocycles. The lowest BCUT2D eigenvalue weighted by Crippen LogP contribution is -2.02. The normalized spacial score (nSPS) is 10.6. The Hall–Kier alpha value is -2.95. The number of esters is 1. The van der Waals surface area contributed by atoms with Gasteiger partial charge in [0.15, 0.2) is 5.78 Å². The number of H-pyrrole nitrogens is 1. The van der Waals surface area contributed by atoms with Crippen molar-refractivity contribution in [2.45, 2.75) is 0 Å². The standard InChI is InChI=1S/C17H12FNO3/c1-22-17(21)11-4-7-13-14(9-19-15(13)8-11)16(20)10-2-5-12(18)6-3-10/h2-9,19H,1H3. The molecule has 4 nitrogen and oxygen atoms in total. The number of hydrogen-bond acceptors (Lipinski definition) is 3. The molecular formula is C17H12FNO3. The summed E-state index contributed by atoms with van der Waals surface area (Å²) in [6.07, 6.45) is 1.58. The maximum atomic E-state index is 12.9. The van der Waals surface area contributed by atoms with E-state index in [0.717, 1.165) is 0 Å². The topological polar surface area (TPSA) is 59.2 Å². The third-order valence-electron chi connectivity index (χ3n) is 3.45. The summed E-state index contributed by atoms with van der Waals surface area (Å²) in [4.78, 5) is 27.0. The number of ketones is 1. The van der Waals surface area contributed by atoms with E-state index in [1.165, 1.54) is 31.4 Å². The van der Waals surface area contributed by atoms with Gasteiger partial charge in [-0.2, -0.15) is 0 Å². The maximum Gasteiger partial charge on any atom is 0.337 e. The van der Waals surface area contributed by atoms with Gasteiger partial charge in [0.2, 0.25) is 0 Å². The fraction of sp³-hybridized carbons (Fsp3) is 0.0588. The van der Waals surface area contributed by atoms with Crippen molar-refractivity contribution in [3.63, 3.8) is 0 Å². The van der Waals surface area contributed by atoms with Gasteiger partial charge in [0.05, 0.1) is 12.7 Å². The first-order chi connectivity index (χ1) is 10.6. The van der Waals surface area contributed by atoms with Crippen LogP contribution in [-0.2, 0) is 4.74 Å². The van der Waals surface area contributed by atoms with Gasteiger partial charge in [0, 0.05) is 28.2 Å². The number of carbonyl (C=O) groups is 2. The summed E-state index contributed by atoms with van der Waals surface area (Å²) < 4.78 is 17.6. The molecule has 0 spiro atoms. The molecule has 0 radical (unpaired) electrons. The first-order valence-corrected chi connectivity index (χ1v) is 6.60. The zero-order valence-electron chi connectivity index (χ0n) is 11.7. The number of ether oxygens (including phenoxy) is 1.